The van der Waals surface area contributed by atoms with Crippen molar-refractivity contribution in [3.63, 3.8) is 0 Å². The summed E-state index contributed by atoms with van der Waals surface area (Å²) in [4.78, 5) is 2.12. The molecule has 7 nitrogen and oxygen atoms in total. The fourth-order valence-corrected chi connectivity index (χ4v) is 22.7. The standard InChI is InChI=1S/C46H64O7S6Si3/c1-40(2)48-25-31(54-40)22(32-26(37(25)60(13,14)15)49-41(3,4)55-32)46(47,23-33-27(50-42(5,6)56-33)38(61(16,17)18)28-34(23)57-43(7,8)51-28)24-35-29(52-44(9,10)58-35)39(62(19,20)21)30-36(24)59-45(11,12)53-30/h47H,1-21H3. The molecule has 6 heterocycles. The topological polar surface area (TPSA) is 75.6 Å². The van der Waals surface area contributed by atoms with Crippen LogP contribution in [0.15, 0.2) is 29.4 Å². The minimum absolute atomic E-state index is 0.613. The Morgan fingerprint density at radius 1 is 0.323 bits per heavy atom. The van der Waals surface area contributed by atoms with Crippen LogP contribution in [0.1, 0.15) is 99.8 Å². The normalized spacial score (nSPS) is 22.5. The van der Waals surface area contributed by atoms with Gasteiger partial charge in [-0.15, -0.1) is 0 Å². The van der Waals surface area contributed by atoms with Crippen LogP contribution in [0, 0.1) is 0 Å². The zero-order valence-corrected chi connectivity index (χ0v) is 48.2. The Morgan fingerprint density at radius 3 is 0.597 bits per heavy atom. The summed E-state index contributed by atoms with van der Waals surface area (Å²) in [6, 6.07) is 0. The van der Waals surface area contributed by atoms with Crippen LogP contribution in [-0.2, 0) is 5.60 Å². The Bertz CT molecular complexity index is 2120. The fraction of sp³-hybridized carbons (Fsp3) is 0.609. The highest BCUT2D eigenvalue weighted by atomic mass is 32.2. The molecule has 0 aromatic heterocycles. The van der Waals surface area contributed by atoms with Crippen molar-refractivity contribution >= 4 is 110 Å². The predicted octanol–water partition coefficient (Wildman–Crippen LogP) is 12.9. The zero-order valence-electron chi connectivity index (χ0n) is 40.3. The molecular weight excluding hydrogens is 941 g/mol. The molecule has 0 atom stereocenters. The van der Waals surface area contributed by atoms with E-state index in [1.807, 2.05) is 0 Å². The molecule has 0 spiro atoms. The Morgan fingerprint density at radius 2 is 0.468 bits per heavy atom. The van der Waals surface area contributed by atoms with Crippen LogP contribution in [0.25, 0.3) is 0 Å². The molecule has 0 fully saturated rings. The summed E-state index contributed by atoms with van der Waals surface area (Å²) in [5.41, 5.74) is 0.575. The first kappa shape index (κ1) is 46.3. The van der Waals surface area contributed by atoms with Crippen molar-refractivity contribution in [1.29, 1.82) is 0 Å². The van der Waals surface area contributed by atoms with Gasteiger partial charge in [0.2, 0.25) is 0 Å². The lowest BCUT2D eigenvalue weighted by molar-refractivity contribution is 0.104. The highest BCUT2D eigenvalue weighted by molar-refractivity contribution is 8.03. The molecule has 0 amide bonds. The molecule has 0 radical (unpaired) electrons. The van der Waals surface area contributed by atoms with Gasteiger partial charge in [0.05, 0.1) is 53.6 Å². The van der Waals surface area contributed by atoms with Gasteiger partial charge in [-0.1, -0.05) is 129 Å². The average molecular weight is 1010 g/mol. The molecule has 0 bridgehead atoms. The van der Waals surface area contributed by atoms with Crippen molar-refractivity contribution in [2.45, 2.75) is 207 Å². The number of hydrogen-bond donors (Lipinski definition) is 1. The van der Waals surface area contributed by atoms with Gasteiger partial charge in [-0.2, -0.15) is 0 Å². The van der Waals surface area contributed by atoms with Gasteiger partial charge < -0.3 is 33.5 Å². The molecule has 6 aliphatic rings. The molecular formula is C46H64O7S6Si3. The van der Waals surface area contributed by atoms with E-state index in [2.05, 4.69) is 142 Å². The highest BCUT2D eigenvalue weighted by Crippen LogP contribution is 2.70. The largest absolute Gasteiger partial charge is 0.476 e. The number of hydrogen-bond acceptors (Lipinski definition) is 13. The molecule has 0 saturated carbocycles. The molecule has 3 aromatic carbocycles. The smallest absolute Gasteiger partial charge is 0.153 e. The van der Waals surface area contributed by atoms with E-state index in [9.17, 15) is 0 Å². The molecule has 1 N–H and O–H groups in total. The van der Waals surface area contributed by atoms with Crippen LogP contribution in [-0.4, -0.2) is 58.9 Å². The van der Waals surface area contributed by atoms with E-state index >= 15 is 5.11 Å². The van der Waals surface area contributed by atoms with Crippen LogP contribution in [0.3, 0.4) is 0 Å². The van der Waals surface area contributed by atoms with Crippen LogP contribution >= 0.6 is 70.6 Å². The zero-order chi connectivity index (χ0) is 45.9. The van der Waals surface area contributed by atoms with Crippen molar-refractivity contribution < 1.29 is 33.5 Å². The SMILES string of the molecule is CC1(C)Oc2c(c(C(O)(c3c4c(c([Si](C)(C)C)c5c3SC(C)(C)O5)OC(C)(C)S4)c3c4c(c([Si](C)(C)C)c5c3SC(C)(C)O5)OC(C)(C)S4)c3c(c2[Si](C)(C)C)OC(C)(C)S3)S1. The maximum absolute atomic E-state index is 15.7. The van der Waals surface area contributed by atoms with Crippen LogP contribution < -0.4 is 44.0 Å². The summed E-state index contributed by atoms with van der Waals surface area (Å²) < 4.78 is 43.0. The lowest BCUT2D eigenvalue weighted by Gasteiger charge is -2.38. The molecule has 0 saturated heterocycles. The fourth-order valence-electron chi connectivity index (χ4n) is 9.63. The molecule has 6 aliphatic heterocycles. The maximum atomic E-state index is 15.7. The van der Waals surface area contributed by atoms with Crippen molar-refractivity contribution in [2.24, 2.45) is 0 Å². The van der Waals surface area contributed by atoms with E-state index in [1.54, 1.807) is 70.6 Å². The lowest BCUT2D eigenvalue weighted by Crippen LogP contribution is -2.43. The van der Waals surface area contributed by atoms with E-state index < -0.39 is 59.4 Å². The average Bonchev–Trinajstić information content (AvgIpc) is 3.83. The van der Waals surface area contributed by atoms with Crippen molar-refractivity contribution in [3.05, 3.63) is 16.7 Å². The molecule has 3 aromatic rings. The van der Waals surface area contributed by atoms with Gasteiger partial charge in [0.1, 0.15) is 40.1 Å². The van der Waals surface area contributed by atoms with E-state index in [-0.39, 0.29) is 0 Å². The molecule has 0 unspecified atom stereocenters. The Kier molecular flexibility index (Phi) is 10.0. The third-order valence-corrected chi connectivity index (χ3v) is 24.3. The summed E-state index contributed by atoms with van der Waals surface area (Å²) in [5.74, 6) is 5.03. The summed E-state index contributed by atoms with van der Waals surface area (Å²) in [5, 5.41) is 19.2. The first-order valence-corrected chi connectivity index (χ1v) is 37.0. The van der Waals surface area contributed by atoms with Crippen molar-refractivity contribution in [2.75, 3.05) is 0 Å². The van der Waals surface area contributed by atoms with E-state index in [0.717, 1.165) is 96.1 Å². The summed E-state index contributed by atoms with van der Waals surface area (Å²) in [6.45, 7) is 47.1. The number of benzene rings is 3. The van der Waals surface area contributed by atoms with E-state index in [1.165, 1.54) is 0 Å². The van der Waals surface area contributed by atoms with E-state index in [0.29, 0.717) is 0 Å². The summed E-state index contributed by atoms with van der Waals surface area (Å²) >= 11 is 10.3. The lowest BCUT2D eigenvalue weighted by atomic mass is 9.79. The number of thioether (sulfide) groups is 6. The van der Waals surface area contributed by atoms with Gasteiger partial charge >= 0.3 is 0 Å². The molecule has 338 valence electrons. The maximum Gasteiger partial charge on any atom is 0.153 e. The number of fused-ring (bicyclic) bond motifs is 6. The number of rotatable bonds is 6. The van der Waals surface area contributed by atoms with Gasteiger partial charge in [-0.05, 0) is 83.1 Å². The highest BCUT2D eigenvalue weighted by Gasteiger charge is 2.60. The van der Waals surface area contributed by atoms with Crippen molar-refractivity contribution in [1.82, 2.24) is 0 Å². The second-order valence-corrected chi connectivity index (χ2v) is 47.9. The second-order valence-electron chi connectivity index (χ2n) is 23.3. The van der Waals surface area contributed by atoms with Crippen LogP contribution in [0.2, 0.25) is 58.9 Å². The third kappa shape index (κ3) is 7.16. The summed E-state index contributed by atoms with van der Waals surface area (Å²) in [6.07, 6.45) is 0. The Hall–Kier alpha value is -0.829. The Balaban J connectivity index is 1.58. The van der Waals surface area contributed by atoms with Crippen LogP contribution in [0.5, 0.6) is 34.5 Å². The number of aliphatic hydroxyl groups is 1. The molecule has 9 rings (SSSR count). The summed E-state index contributed by atoms with van der Waals surface area (Å²) in [7, 11) is -6.48. The van der Waals surface area contributed by atoms with Gasteiger partial charge in [0, 0.05) is 32.3 Å². The third-order valence-electron chi connectivity index (χ3n) is 11.5. The second kappa shape index (κ2) is 13.4. The first-order chi connectivity index (χ1) is 27.9. The first-order valence-electron chi connectivity index (χ1n) is 21.6. The van der Waals surface area contributed by atoms with Crippen LogP contribution in [0.4, 0.5) is 0 Å². The van der Waals surface area contributed by atoms with Gasteiger partial charge in [0.25, 0.3) is 0 Å². The minimum Gasteiger partial charge on any atom is -0.476 e. The van der Waals surface area contributed by atoms with Gasteiger partial charge in [-0.25, -0.2) is 0 Å². The molecule has 0 aliphatic carbocycles. The van der Waals surface area contributed by atoms with E-state index in [4.69, 9.17) is 28.4 Å². The minimum atomic E-state index is -2.16. The predicted molar refractivity (Wildman–Crippen MR) is 274 cm³/mol. The monoisotopic (exact) mass is 1000 g/mol. The van der Waals surface area contributed by atoms with Gasteiger partial charge in [-0.3, -0.25) is 0 Å². The Labute approximate surface area is 398 Å². The molecule has 16 heteroatoms. The van der Waals surface area contributed by atoms with Crippen molar-refractivity contribution in [3.8, 4) is 34.5 Å². The van der Waals surface area contributed by atoms with Gasteiger partial charge in [0.15, 0.2) is 29.6 Å². The molecule has 62 heavy (non-hydrogen) atoms. The quantitative estimate of drug-likeness (QED) is 0.188. The number of ether oxygens (including phenoxy) is 6.